The summed E-state index contributed by atoms with van der Waals surface area (Å²) >= 11 is 0. The highest BCUT2D eigenvalue weighted by Gasteiger charge is 2.04. The van der Waals surface area contributed by atoms with Crippen molar-refractivity contribution in [2.45, 2.75) is 6.92 Å². The molecule has 0 bridgehead atoms. The highest BCUT2D eigenvalue weighted by Crippen LogP contribution is 2.12. The van der Waals surface area contributed by atoms with Crippen LogP contribution in [-0.2, 0) is 7.05 Å². The molecule has 0 saturated heterocycles. The van der Waals surface area contributed by atoms with Crippen LogP contribution in [0.2, 0.25) is 0 Å². The molecule has 1 aromatic heterocycles. The smallest absolute Gasteiger partial charge is 0.201 e. The van der Waals surface area contributed by atoms with E-state index in [-0.39, 0.29) is 0 Å². The lowest BCUT2D eigenvalue weighted by atomic mass is 10.1. The minimum Gasteiger partial charge on any atom is -0.201 e. The SMILES string of the molecule is Cc1cccc2ccc[n+](C)c12. The van der Waals surface area contributed by atoms with Crippen molar-refractivity contribution in [1.29, 1.82) is 0 Å². The molecule has 0 fully saturated rings. The summed E-state index contributed by atoms with van der Waals surface area (Å²) in [6, 6.07) is 10.6. The van der Waals surface area contributed by atoms with Crippen LogP contribution in [0.3, 0.4) is 0 Å². The summed E-state index contributed by atoms with van der Waals surface area (Å²) < 4.78 is 2.16. The predicted molar refractivity (Wildman–Crippen MR) is 49.9 cm³/mol. The maximum Gasteiger partial charge on any atom is 0.215 e. The average Bonchev–Trinajstić information content (AvgIpc) is 2.04. The molecule has 0 radical (unpaired) electrons. The normalized spacial score (nSPS) is 10.5. The van der Waals surface area contributed by atoms with Crippen LogP contribution in [0.4, 0.5) is 0 Å². The van der Waals surface area contributed by atoms with Gasteiger partial charge in [-0.15, -0.1) is 0 Å². The number of aryl methyl sites for hydroxylation is 2. The number of hydrogen-bond donors (Lipinski definition) is 0. The predicted octanol–water partition coefficient (Wildman–Crippen LogP) is 1.97. The third-order valence-electron chi connectivity index (χ3n) is 2.21. The monoisotopic (exact) mass is 158 g/mol. The highest BCUT2D eigenvalue weighted by molar-refractivity contribution is 5.78. The van der Waals surface area contributed by atoms with E-state index in [1.807, 2.05) is 0 Å². The van der Waals surface area contributed by atoms with Gasteiger partial charge in [-0.3, -0.25) is 0 Å². The Kier molecular flexibility index (Phi) is 1.58. The molecule has 0 unspecified atom stereocenters. The lowest BCUT2D eigenvalue weighted by Gasteiger charge is -1.98. The second-order valence-corrected chi connectivity index (χ2v) is 3.13. The topological polar surface area (TPSA) is 3.88 Å². The molecular weight excluding hydrogens is 146 g/mol. The van der Waals surface area contributed by atoms with Crippen LogP contribution >= 0.6 is 0 Å². The van der Waals surface area contributed by atoms with Crippen molar-refractivity contribution in [3.8, 4) is 0 Å². The number of rotatable bonds is 0. The van der Waals surface area contributed by atoms with Crippen LogP contribution in [0, 0.1) is 6.92 Å². The van der Waals surface area contributed by atoms with E-state index in [1.54, 1.807) is 0 Å². The van der Waals surface area contributed by atoms with Crippen LogP contribution in [0.15, 0.2) is 36.5 Å². The van der Waals surface area contributed by atoms with E-state index in [4.69, 9.17) is 0 Å². The van der Waals surface area contributed by atoms with E-state index in [1.165, 1.54) is 16.5 Å². The van der Waals surface area contributed by atoms with Gasteiger partial charge in [0.2, 0.25) is 5.52 Å². The lowest BCUT2D eigenvalue weighted by molar-refractivity contribution is -0.645. The molecule has 0 saturated carbocycles. The molecule has 0 N–H and O–H groups in total. The zero-order valence-corrected chi connectivity index (χ0v) is 7.41. The van der Waals surface area contributed by atoms with Gasteiger partial charge in [-0.1, -0.05) is 12.1 Å². The van der Waals surface area contributed by atoms with Crippen molar-refractivity contribution >= 4 is 10.9 Å². The first-order chi connectivity index (χ1) is 5.79. The summed E-state index contributed by atoms with van der Waals surface area (Å²) in [6.07, 6.45) is 2.08. The second-order valence-electron chi connectivity index (χ2n) is 3.13. The quantitative estimate of drug-likeness (QED) is 0.516. The van der Waals surface area contributed by atoms with Gasteiger partial charge in [0.1, 0.15) is 7.05 Å². The molecule has 0 aliphatic heterocycles. The number of benzene rings is 1. The summed E-state index contributed by atoms with van der Waals surface area (Å²) in [5.74, 6) is 0. The molecule has 0 atom stereocenters. The van der Waals surface area contributed by atoms with Gasteiger partial charge >= 0.3 is 0 Å². The number of fused-ring (bicyclic) bond motifs is 1. The van der Waals surface area contributed by atoms with Crippen LogP contribution in [-0.4, -0.2) is 0 Å². The van der Waals surface area contributed by atoms with Gasteiger partial charge in [0.15, 0.2) is 6.20 Å². The Bertz CT molecular complexity index is 382. The minimum absolute atomic E-state index is 1.31. The second kappa shape index (κ2) is 2.59. The minimum atomic E-state index is 1.31. The van der Waals surface area contributed by atoms with E-state index in [2.05, 4.69) is 55.1 Å². The molecule has 2 aromatic rings. The first kappa shape index (κ1) is 7.29. The van der Waals surface area contributed by atoms with Gasteiger partial charge in [0, 0.05) is 17.0 Å². The maximum absolute atomic E-state index is 2.16. The van der Waals surface area contributed by atoms with Crippen LogP contribution in [0.1, 0.15) is 5.56 Å². The number of aromatic nitrogens is 1. The molecule has 0 amide bonds. The third-order valence-corrected chi connectivity index (χ3v) is 2.21. The number of para-hydroxylation sites is 1. The van der Waals surface area contributed by atoms with Gasteiger partial charge in [0.05, 0.1) is 0 Å². The largest absolute Gasteiger partial charge is 0.215 e. The van der Waals surface area contributed by atoms with Crippen molar-refractivity contribution in [3.05, 3.63) is 42.1 Å². The fourth-order valence-electron chi connectivity index (χ4n) is 1.65. The molecular formula is C11H12N+. The van der Waals surface area contributed by atoms with E-state index in [0.29, 0.717) is 0 Å². The fraction of sp³-hybridized carbons (Fsp3) is 0.182. The van der Waals surface area contributed by atoms with Crippen LogP contribution in [0.5, 0.6) is 0 Å². The summed E-state index contributed by atoms with van der Waals surface area (Å²) in [6.45, 7) is 2.14. The van der Waals surface area contributed by atoms with Crippen molar-refractivity contribution in [2.75, 3.05) is 0 Å². The molecule has 1 aromatic carbocycles. The van der Waals surface area contributed by atoms with Crippen molar-refractivity contribution in [2.24, 2.45) is 7.05 Å². The molecule has 1 heteroatoms. The zero-order valence-electron chi connectivity index (χ0n) is 7.41. The van der Waals surface area contributed by atoms with Gasteiger partial charge in [-0.2, -0.15) is 0 Å². The van der Waals surface area contributed by atoms with E-state index < -0.39 is 0 Å². The molecule has 1 heterocycles. The van der Waals surface area contributed by atoms with Gasteiger partial charge in [0.25, 0.3) is 0 Å². The molecule has 0 aliphatic carbocycles. The fourth-order valence-corrected chi connectivity index (χ4v) is 1.65. The molecule has 0 spiro atoms. The van der Waals surface area contributed by atoms with E-state index in [9.17, 15) is 0 Å². The van der Waals surface area contributed by atoms with E-state index >= 15 is 0 Å². The Morgan fingerprint density at radius 3 is 2.58 bits per heavy atom. The molecule has 0 aliphatic rings. The Labute approximate surface area is 72.3 Å². The van der Waals surface area contributed by atoms with E-state index in [0.717, 1.165) is 0 Å². The molecule has 60 valence electrons. The Hall–Kier alpha value is -1.37. The van der Waals surface area contributed by atoms with Crippen molar-refractivity contribution < 1.29 is 4.57 Å². The van der Waals surface area contributed by atoms with Crippen molar-refractivity contribution in [3.63, 3.8) is 0 Å². The number of pyridine rings is 1. The van der Waals surface area contributed by atoms with Crippen LogP contribution < -0.4 is 4.57 Å². The Balaban J connectivity index is 2.96. The van der Waals surface area contributed by atoms with Gasteiger partial charge in [-0.05, 0) is 19.1 Å². The summed E-state index contributed by atoms with van der Waals surface area (Å²) in [7, 11) is 2.08. The highest BCUT2D eigenvalue weighted by atomic mass is 14.9. The lowest BCUT2D eigenvalue weighted by Crippen LogP contribution is -2.28. The average molecular weight is 158 g/mol. The Morgan fingerprint density at radius 2 is 1.83 bits per heavy atom. The zero-order chi connectivity index (χ0) is 8.55. The Morgan fingerprint density at radius 1 is 1.08 bits per heavy atom. The van der Waals surface area contributed by atoms with Gasteiger partial charge in [-0.25, -0.2) is 4.57 Å². The van der Waals surface area contributed by atoms with Crippen molar-refractivity contribution in [1.82, 2.24) is 0 Å². The number of nitrogens with zero attached hydrogens (tertiary/aromatic N) is 1. The molecule has 1 nitrogen and oxygen atoms in total. The third kappa shape index (κ3) is 0.981. The van der Waals surface area contributed by atoms with Crippen LogP contribution in [0.25, 0.3) is 10.9 Å². The summed E-state index contributed by atoms with van der Waals surface area (Å²) in [4.78, 5) is 0. The molecule has 2 rings (SSSR count). The first-order valence-corrected chi connectivity index (χ1v) is 4.13. The maximum atomic E-state index is 2.16. The summed E-state index contributed by atoms with van der Waals surface area (Å²) in [5.41, 5.74) is 2.65. The number of hydrogen-bond acceptors (Lipinski definition) is 0. The molecule has 12 heavy (non-hydrogen) atoms. The summed E-state index contributed by atoms with van der Waals surface area (Å²) in [5, 5.41) is 1.31. The van der Waals surface area contributed by atoms with Gasteiger partial charge < -0.3 is 0 Å². The standard InChI is InChI=1S/C11H12N/c1-9-5-3-6-10-7-4-8-12(2)11(9)10/h3-8H,1-2H3/q+1. The first-order valence-electron chi connectivity index (χ1n) is 4.13.